The van der Waals surface area contributed by atoms with Gasteiger partial charge in [0.25, 0.3) is 0 Å². The van der Waals surface area contributed by atoms with Crippen LogP contribution in [0.25, 0.3) is 12.2 Å². The molecule has 80 valence electrons. The summed E-state index contributed by atoms with van der Waals surface area (Å²) in [6.45, 7) is 0. The van der Waals surface area contributed by atoms with Gasteiger partial charge in [0.1, 0.15) is 5.75 Å². The van der Waals surface area contributed by atoms with Crippen LogP contribution in [0.2, 0.25) is 0 Å². The third-order valence-electron chi connectivity index (χ3n) is 2.11. The van der Waals surface area contributed by atoms with Crippen LogP contribution in [0, 0.1) is 5.95 Å². The summed E-state index contributed by atoms with van der Waals surface area (Å²) in [6, 6.07) is 9.78. The van der Waals surface area contributed by atoms with Gasteiger partial charge in [0.2, 0.25) is 5.95 Å². The Bertz CT molecular complexity index is 441. The van der Waals surface area contributed by atoms with Gasteiger partial charge in [-0.3, -0.25) is 0 Å². The van der Waals surface area contributed by atoms with Crippen molar-refractivity contribution in [2.45, 2.75) is 0 Å². The Kier molecular flexibility index (Phi) is 2.96. The molecule has 2 rings (SSSR count). The third kappa shape index (κ3) is 2.67. The maximum absolute atomic E-state index is 12.5. The molecule has 0 unspecified atom stereocenters. The number of phenols is 1. The van der Waals surface area contributed by atoms with E-state index in [0.717, 1.165) is 11.1 Å². The van der Waals surface area contributed by atoms with Gasteiger partial charge in [-0.25, -0.2) is 4.98 Å². The van der Waals surface area contributed by atoms with E-state index < -0.39 is 5.95 Å². The minimum Gasteiger partial charge on any atom is -0.508 e. The number of halogens is 1. The van der Waals surface area contributed by atoms with E-state index in [-0.39, 0.29) is 5.75 Å². The van der Waals surface area contributed by atoms with E-state index in [1.807, 2.05) is 12.2 Å². The first kappa shape index (κ1) is 10.4. The van der Waals surface area contributed by atoms with Crippen molar-refractivity contribution in [3.8, 4) is 5.75 Å². The van der Waals surface area contributed by atoms with Crippen molar-refractivity contribution in [1.29, 1.82) is 0 Å². The van der Waals surface area contributed by atoms with Gasteiger partial charge in [0.15, 0.2) is 0 Å². The van der Waals surface area contributed by atoms with E-state index in [9.17, 15) is 4.39 Å². The highest BCUT2D eigenvalue weighted by Gasteiger charge is 1.91. The molecule has 0 amide bonds. The number of aromatic hydroxyl groups is 1. The standard InChI is InChI=1S/C13H10FNO/c14-13-8-5-11(9-15-13)2-1-10-3-6-12(16)7-4-10/h1-9,16H/b2-1+/i14-1. The molecule has 0 fully saturated rings. The fourth-order valence-corrected chi connectivity index (χ4v) is 1.26. The first-order chi connectivity index (χ1) is 7.74. The van der Waals surface area contributed by atoms with E-state index in [1.54, 1.807) is 30.3 Å². The van der Waals surface area contributed by atoms with Crippen LogP contribution in [0.4, 0.5) is 4.39 Å². The molecule has 0 saturated heterocycles. The Morgan fingerprint density at radius 1 is 0.938 bits per heavy atom. The zero-order valence-electron chi connectivity index (χ0n) is 8.47. The molecule has 3 heteroatoms. The molecule has 1 aromatic carbocycles. The number of nitrogens with zero attached hydrogens (tertiary/aromatic N) is 1. The fourth-order valence-electron chi connectivity index (χ4n) is 1.26. The van der Waals surface area contributed by atoms with Gasteiger partial charge < -0.3 is 5.11 Å². The first-order valence-corrected chi connectivity index (χ1v) is 4.83. The van der Waals surface area contributed by atoms with Gasteiger partial charge in [-0.15, -0.1) is 0 Å². The highest BCUT2D eigenvalue weighted by Crippen LogP contribution is 2.12. The summed E-state index contributed by atoms with van der Waals surface area (Å²) in [4.78, 5) is 3.55. The van der Waals surface area contributed by atoms with Crippen LogP contribution in [0.5, 0.6) is 5.75 Å². The van der Waals surface area contributed by atoms with Crippen LogP contribution in [0.3, 0.4) is 0 Å². The van der Waals surface area contributed by atoms with Crippen LogP contribution in [-0.4, -0.2) is 10.1 Å². The van der Waals surface area contributed by atoms with Crippen molar-refractivity contribution >= 4 is 12.2 Å². The van der Waals surface area contributed by atoms with Crippen LogP contribution in [0.15, 0.2) is 42.6 Å². The maximum Gasteiger partial charge on any atom is 0.212 e. The van der Waals surface area contributed by atoms with Crippen molar-refractivity contribution in [2.75, 3.05) is 0 Å². The lowest BCUT2D eigenvalue weighted by atomic mass is 10.1. The van der Waals surface area contributed by atoms with Gasteiger partial charge in [0.05, 0.1) is 0 Å². The summed E-state index contributed by atoms with van der Waals surface area (Å²) in [5.41, 5.74) is 1.79. The van der Waals surface area contributed by atoms with E-state index >= 15 is 0 Å². The Balaban J connectivity index is 2.15. The summed E-state index contributed by atoms with van der Waals surface area (Å²) >= 11 is 0. The van der Waals surface area contributed by atoms with Crippen molar-refractivity contribution < 1.29 is 9.50 Å². The molecule has 1 heterocycles. The Hall–Kier alpha value is -2.16. The highest BCUT2D eigenvalue weighted by molar-refractivity contribution is 5.69. The molecule has 1 aromatic heterocycles. The Morgan fingerprint density at radius 2 is 1.56 bits per heavy atom. The smallest absolute Gasteiger partial charge is 0.212 e. The molecule has 0 radical (unpaired) electrons. The molecular formula is C13H10FNO. The molecular weight excluding hydrogens is 204 g/mol. The average Bonchev–Trinajstić information content (AvgIpc) is 2.30. The molecule has 0 atom stereocenters. The van der Waals surface area contributed by atoms with Crippen molar-refractivity contribution in [3.05, 3.63) is 59.7 Å². The lowest BCUT2D eigenvalue weighted by Gasteiger charge is -1.95. The van der Waals surface area contributed by atoms with Gasteiger partial charge in [0, 0.05) is 6.20 Å². The first-order valence-electron chi connectivity index (χ1n) is 4.83. The average molecular weight is 214 g/mol. The summed E-state index contributed by atoms with van der Waals surface area (Å²) < 4.78 is 12.5. The van der Waals surface area contributed by atoms with E-state index in [4.69, 9.17) is 5.11 Å². The minimum atomic E-state index is -0.484. The molecule has 0 saturated carbocycles. The van der Waals surface area contributed by atoms with Gasteiger partial charge in [-0.05, 0) is 35.4 Å². The second-order valence-corrected chi connectivity index (χ2v) is 3.34. The van der Waals surface area contributed by atoms with Crippen LogP contribution in [0.1, 0.15) is 11.1 Å². The number of rotatable bonds is 2. The predicted octanol–water partition coefficient (Wildman–Crippen LogP) is 3.10. The Morgan fingerprint density at radius 3 is 2.19 bits per heavy atom. The molecule has 0 aliphatic carbocycles. The zero-order chi connectivity index (χ0) is 11.4. The van der Waals surface area contributed by atoms with Crippen LogP contribution < -0.4 is 0 Å². The molecule has 16 heavy (non-hydrogen) atoms. The quantitative estimate of drug-likeness (QED) is 0.779. The molecule has 2 aromatic rings. The fraction of sp³-hybridized carbons (Fsp3) is 0. The zero-order valence-corrected chi connectivity index (χ0v) is 8.47. The summed E-state index contributed by atoms with van der Waals surface area (Å²) in [7, 11) is 0. The van der Waals surface area contributed by atoms with Gasteiger partial charge in [-0.2, -0.15) is 4.39 Å². The molecule has 2 nitrogen and oxygen atoms in total. The number of benzene rings is 1. The topological polar surface area (TPSA) is 33.1 Å². The van der Waals surface area contributed by atoms with Crippen molar-refractivity contribution in [3.63, 3.8) is 0 Å². The van der Waals surface area contributed by atoms with E-state index in [0.29, 0.717) is 0 Å². The van der Waals surface area contributed by atoms with Crippen LogP contribution >= 0.6 is 0 Å². The summed E-state index contributed by atoms with van der Waals surface area (Å²) in [5.74, 6) is -0.248. The molecule has 0 bridgehead atoms. The number of phenolic OH excluding ortho intramolecular Hbond substituents is 1. The Labute approximate surface area is 92.7 Å². The number of pyridine rings is 1. The lowest BCUT2D eigenvalue weighted by molar-refractivity contribution is 0.475. The van der Waals surface area contributed by atoms with Crippen molar-refractivity contribution in [1.82, 2.24) is 4.98 Å². The third-order valence-corrected chi connectivity index (χ3v) is 2.11. The SMILES string of the molecule is Oc1ccc(/C=C/c2ccc([18F])nc2)cc1. The van der Waals surface area contributed by atoms with E-state index in [1.165, 1.54) is 12.3 Å². The lowest BCUT2D eigenvalue weighted by Crippen LogP contribution is -1.81. The highest BCUT2D eigenvalue weighted by atomic mass is 18.2. The van der Waals surface area contributed by atoms with Crippen molar-refractivity contribution in [2.24, 2.45) is 0 Å². The number of aromatic nitrogens is 1. The summed E-state index contributed by atoms with van der Waals surface area (Å²) in [6.07, 6.45) is 5.17. The summed E-state index contributed by atoms with van der Waals surface area (Å²) in [5, 5.41) is 9.10. The van der Waals surface area contributed by atoms with Gasteiger partial charge >= 0.3 is 0 Å². The maximum atomic E-state index is 12.5. The second-order valence-electron chi connectivity index (χ2n) is 3.34. The van der Waals surface area contributed by atoms with E-state index in [2.05, 4.69) is 4.98 Å². The van der Waals surface area contributed by atoms with Gasteiger partial charge in [-0.1, -0.05) is 24.3 Å². The van der Waals surface area contributed by atoms with Crippen LogP contribution in [-0.2, 0) is 0 Å². The predicted molar refractivity (Wildman–Crippen MR) is 61.2 cm³/mol. The normalized spacial score (nSPS) is 10.8. The number of hydrogen-bond donors (Lipinski definition) is 1. The molecule has 0 aliphatic heterocycles. The monoisotopic (exact) mass is 214 g/mol. The largest absolute Gasteiger partial charge is 0.508 e. The molecule has 0 spiro atoms. The molecule has 1 N–H and O–H groups in total. The molecule has 0 aliphatic rings. The minimum absolute atomic E-state index is 0.237. The second kappa shape index (κ2) is 4.57. The number of hydrogen-bond acceptors (Lipinski definition) is 2.